The van der Waals surface area contributed by atoms with Gasteiger partial charge in [-0.05, 0) is 24.8 Å². The van der Waals surface area contributed by atoms with E-state index in [2.05, 4.69) is 6.92 Å². The van der Waals surface area contributed by atoms with Crippen LogP contribution in [0, 0.1) is 5.92 Å². The normalized spacial score (nSPS) is 12.7. The van der Waals surface area contributed by atoms with Crippen LogP contribution >= 0.6 is 0 Å². The van der Waals surface area contributed by atoms with Gasteiger partial charge in [-0.3, -0.25) is 4.79 Å². The predicted octanol–water partition coefficient (Wildman–Crippen LogP) is 3.88. The van der Waals surface area contributed by atoms with Crippen LogP contribution in [0.15, 0.2) is 24.3 Å². The molecule has 0 spiro atoms. The number of hydrogen-bond acceptors (Lipinski definition) is 2. The van der Waals surface area contributed by atoms with Gasteiger partial charge in [0, 0.05) is 12.2 Å². The van der Waals surface area contributed by atoms with E-state index >= 15 is 0 Å². The quantitative estimate of drug-likeness (QED) is 0.684. The molecule has 0 saturated heterocycles. The Bertz CT molecular complexity index is 365. The van der Waals surface area contributed by atoms with E-state index in [1.807, 2.05) is 45.0 Å². The first-order valence-corrected chi connectivity index (χ1v) is 6.84. The molecule has 0 heterocycles. The minimum absolute atomic E-state index is 0.0925. The maximum atomic E-state index is 12.3. The molecule has 2 nitrogen and oxygen atoms in total. The molecule has 0 aliphatic rings. The number of ketones is 1. The Morgan fingerprint density at radius 3 is 2.22 bits per heavy atom. The van der Waals surface area contributed by atoms with E-state index in [1.54, 1.807) is 0 Å². The second kappa shape index (κ2) is 7.32. The summed E-state index contributed by atoms with van der Waals surface area (Å²) in [4.78, 5) is 12.3. The maximum absolute atomic E-state index is 12.3. The number of hydrogen-bond donors (Lipinski definition) is 0. The lowest BCUT2D eigenvalue weighted by Gasteiger charge is -2.19. The second-order valence-electron chi connectivity index (χ2n) is 4.93. The zero-order chi connectivity index (χ0) is 13.5. The van der Waals surface area contributed by atoms with Crippen LogP contribution in [-0.2, 0) is 11.2 Å². The van der Waals surface area contributed by atoms with Crippen molar-refractivity contribution in [2.24, 2.45) is 5.92 Å². The third-order valence-electron chi connectivity index (χ3n) is 2.99. The van der Waals surface area contributed by atoms with Crippen LogP contribution in [0.25, 0.3) is 0 Å². The number of benzene rings is 1. The van der Waals surface area contributed by atoms with Gasteiger partial charge in [0.05, 0.1) is 0 Å². The molecule has 0 aliphatic carbocycles. The summed E-state index contributed by atoms with van der Waals surface area (Å²) in [5.74, 6) is 0.294. The van der Waals surface area contributed by atoms with E-state index in [9.17, 15) is 4.79 Å². The molecule has 0 radical (unpaired) electrons. The zero-order valence-corrected chi connectivity index (χ0v) is 11.9. The van der Waals surface area contributed by atoms with Crippen molar-refractivity contribution in [3.8, 4) is 0 Å². The first kappa shape index (κ1) is 14.9. The molecule has 1 unspecified atom stereocenters. The standard InChI is InChI=1S/C16H24O2/c1-5-7-13-8-10-14(11-9-13)15(17)16(12(3)4)18-6-2/h8-12,16H,5-7H2,1-4H3. The monoisotopic (exact) mass is 248 g/mol. The van der Waals surface area contributed by atoms with Gasteiger partial charge in [-0.15, -0.1) is 0 Å². The van der Waals surface area contributed by atoms with Crippen molar-refractivity contribution >= 4 is 5.78 Å². The number of carbonyl (C=O) groups excluding carboxylic acids is 1. The van der Waals surface area contributed by atoms with Crippen LogP contribution in [0.1, 0.15) is 50.0 Å². The zero-order valence-electron chi connectivity index (χ0n) is 11.9. The summed E-state index contributed by atoms with van der Waals surface area (Å²) < 4.78 is 5.55. The molecule has 0 aliphatic heterocycles. The van der Waals surface area contributed by atoms with Crippen LogP contribution in [0.3, 0.4) is 0 Å². The summed E-state index contributed by atoms with van der Waals surface area (Å²) >= 11 is 0. The van der Waals surface area contributed by atoms with Gasteiger partial charge in [-0.25, -0.2) is 0 Å². The van der Waals surface area contributed by atoms with Crippen LogP contribution in [0.2, 0.25) is 0 Å². The molecule has 1 aromatic carbocycles. The first-order valence-electron chi connectivity index (χ1n) is 6.84. The number of ether oxygens (including phenoxy) is 1. The fourth-order valence-electron chi connectivity index (χ4n) is 2.04. The fourth-order valence-corrected chi connectivity index (χ4v) is 2.04. The molecule has 0 fully saturated rings. The summed E-state index contributed by atoms with van der Waals surface area (Å²) in [5, 5.41) is 0. The highest BCUT2D eigenvalue weighted by Crippen LogP contribution is 2.15. The van der Waals surface area contributed by atoms with Gasteiger partial charge in [0.25, 0.3) is 0 Å². The minimum atomic E-state index is -0.327. The molecule has 0 bridgehead atoms. The van der Waals surface area contributed by atoms with E-state index in [1.165, 1.54) is 5.56 Å². The van der Waals surface area contributed by atoms with Crippen molar-refractivity contribution in [2.75, 3.05) is 6.61 Å². The Labute approximate surface area is 110 Å². The molecular formula is C16H24O2. The Morgan fingerprint density at radius 1 is 1.17 bits per heavy atom. The van der Waals surface area contributed by atoms with E-state index < -0.39 is 0 Å². The molecule has 1 atom stereocenters. The topological polar surface area (TPSA) is 26.3 Å². The number of aryl methyl sites for hydroxylation is 1. The van der Waals surface area contributed by atoms with Crippen molar-refractivity contribution in [1.29, 1.82) is 0 Å². The van der Waals surface area contributed by atoms with Crippen molar-refractivity contribution < 1.29 is 9.53 Å². The lowest BCUT2D eigenvalue weighted by molar-refractivity contribution is 0.0279. The average Bonchev–Trinajstić information content (AvgIpc) is 2.36. The first-order chi connectivity index (χ1) is 8.60. The van der Waals surface area contributed by atoms with Crippen LogP contribution in [-0.4, -0.2) is 18.5 Å². The maximum Gasteiger partial charge on any atom is 0.191 e. The SMILES string of the molecule is CCCc1ccc(C(=O)C(OCC)C(C)C)cc1. The van der Waals surface area contributed by atoms with Gasteiger partial charge < -0.3 is 4.74 Å². The number of Topliss-reactive ketones (excluding diaryl/α,β-unsaturated/α-hetero) is 1. The molecule has 0 N–H and O–H groups in total. The molecular weight excluding hydrogens is 224 g/mol. The third-order valence-corrected chi connectivity index (χ3v) is 2.99. The molecule has 0 amide bonds. The molecule has 2 heteroatoms. The molecule has 0 aromatic heterocycles. The Morgan fingerprint density at radius 2 is 1.78 bits per heavy atom. The molecule has 18 heavy (non-hydrogen) atoms. The van der Waals surface area contributed by atoms with Crippen molar-refractivity contribution in [2.45, 2.75) is 46.6 Å². The highest BCUT2D eigenvalue weighted by atomic mass is 16.5. The second-order valence-corrected chi connectivity index (χ2v) is 4.93. The summed E-state index contributed by atoms with van der Waals surface area (Å²) in [6.45, 7) is 8.69. The van der Waals surface area contributed by atoms with Gasteiger partial charge in [0.2, 0.25) is 0 Å². The predicted molar refractivity (Wildman–Crippen MR) is 75.0 cm³/mol. The lowest BCUT2D eigenvalue weighted by atomic mass is 9.96. The number of rotatable bonds is 7. The minimum Gasteiger partial charge on any atom is -0.370 e. The fraction of sp³-hybridized carbons (Fsp3) is 0.562. The molecule has 1 rings (SSSR count). The van der Waals surface area contributed by atoms with Gasteiger partial charge in [-0.2, -0.15) is 0 Å². The van der Waals surface area contributed by atoms with Gasteiger partial charge in [-0.1, -0.05) is 51.5 Å². The molecule has 0 saturated carbocycles. The molecule has 1 aromatic rings. The van der Waals surface area contributed by atoms with Crippen LogP contribution in [0.4, 0.5) is 0 Å². The van der Waals surface area contributed by atoms with Crippen molar-refractivity contribution in [3.63, 3.8) is 0 Å². The largest absolute Gasteiger partial charge is 0.370 e. The Kier molecular flexibility index (Phi) is 6.06. The van der Waals surface area contributed by atoms with E-state index in [-0.39, 0.29) is 17.8 Å². The summed E-state index contributed by atoms with van der Waals surface area (Å²) in [5.41, 5.74) is 2.04. The highest BCUT2D eigenvalue weighted by molar-refractivity contribution is 5.99. The van der Waals surface area contributed by atoms with Crippen LogP contribution < -0.4 is 0 Å². The summed E-state index contributed by atoms with van der Waals surface area (Å²) in [6.07, 6.45) is 1.86. The van der Waals surface area contributed by atoms with E-state index in [4.69, 9.17) is 4.74 Å². The van der Waals surface area contributed by atoms with E-state index in [0.29, 0.717) is 6.61 Å². The average molecular weight is 248 g/mol. The number of carbonyl (C=O) groups is 1. The highest BCUT2D eigenvalue weighted by Gasteiger charge is 2.23. The Balaban J connectivity index is 2.81. The third kappa shape index (κ3) is 3.95. The Hall–Kier alpha value is -1.15. The van der Waals surface area contributed by atoms with Gasteiger partial charge in [0.15, 0.2) is 5.78 Å². The van der Waals surface area contributed by atoms with Crippen LogP contribution in [0.5, 0.6) is 0 Å². The smallest absolute Gasteiger partial charge is 0.191 e. The molecule has 100 valence electrons. The van der Waals surface area contributed by atoms with E-state index in [0.717, 1.165) is 18.4 Å². The summed E-state index contributed by atoms with van der Waals surface area (Å²) in [6, 6.07) is 7.92. The van der Waals surface area contributed by atoms with Gasteiger partial charge >= 0.3 is 0 Å². The van der Waals surface area contributed by atoms with Crippen molar-refractivity contribution in [3.05, 3.63) is 35.4 Å². The summed E-state index contributed by atoms with van der Waals surface area (Å²) in [7, 11) is 0. The van der Waals surface area contributed by atoms with Crippen molar-refractivity contribution in [1.82, 2.24) is 0 Å². The lowest BCUT2D eigenvalue weighted by Crippen LogP contribution is -2.29. The van der Waals surface area contributed by atoms with Gasteiger partial charge in [0.1, 0.15) is 6.10 Å².